The standard InChI is InChI=1S/C43H58N4O12.C29H28F3N5O.C6H7N3O.C5H5N3O/c1-21-12-11-13-22(2)42(55)45-33-28(20-44-47-17-15-46(9)16-18-47)37(52)30-31(38(33)53)36(51)26(6)40-32(30)41(54)43(8,59-40)57-19-14-29(56-10)23(3)39(58-27(7)48)25(5)35(50)24(4)34(21)49;1-21-24(20-35-15-17-36(18-16-35)26-9-7-25(8-10-26)29(30,31)32)19-27(22-5-3-2-4-6-22)37(21)34-28(38)23-11-13-33-14-12-23;7-9-6(10)5-1-3-8-4-2-5;6-5(9)4-3-7-1-2-8-4/h11-14,19-21,23-25,29,34-35,39,49-53H,15-18H2,1-10H3,(H,45,55);2-14,19H,15-18,20H2,1H3,(H,34,38);1-4H,7H2,(H,9,10);1-3H,(H2,6,9)/b12-11+,19-14+,22-13-,44-20+;;;/t21-,23+,24+,25+,29-,34-,35+,39+,43-;;;/m0.../s1. The number of carbonyl (C=O) groups excluding carboxylic acids is 6. The fourth-order valence-corrected chi connectivity index (χ4v) is 13.7. The molecule has 2 fully saturated rings. The number of hydrogen-bond donors (Lipinski definition) is 10. The average Bonchev–Trinajstić information content (AvgIpc) is 1.50. The number of pyridine rings is 2. The zero-order chi connectivity index (χ0) is 84.5. The van der Waals surface area contributed by atoms with Crippen molar-refractivity contribution in [1.82, 2.24) is 44.8 Å². The predicted octanol–water partition coefficient (Wildman–Crippen LogP) is 9.18. The maximum atomic E-state index is 14.4. The van der Waals surface area contributed by atoms with E-state index in [0.29, 0.717) is 30.8 Å². The first-order valence-electron chi connectivity index (χ1n) is 37.3. The first-order valence-corrected chi connectivity index (χ1v) is 37.3. The largest absolute Gasteiger partial charge is 0.507 e. The van der Waals surface area contributed by atoms with Crippen LogP contribution in [0.25, 0.3) is 22.0 Å². The minimum Gasteiger partial charge on any atom is -0.507 e. The van der Waals surface area contributed by atoms with Crippen molar-refractivity contribution in [3.05, 3.63) is 215 Å². The molecule has 5 bridgehead atoms. The Kier molecular flexibility index (Phi) is 29.7. The van der Waals surface area contributed by atoms with Gasteiger partial charge in [-0.3, -0.25) is 69.2 Å². The van der Waals surface area contributed by atoms with Crippen molar-refractivity contribution in [3.8, 4) is 34.3 Å². The van der Waals surface area contributed by atoms with Crippen LogP contribution in [0, 0.1) is 37.5 Å². The van der Waals surface area contributed by atoms with Gasteiger partial charge in [0.05, 0.1) is 70.4 Å². The molecular formula is C83H98F3N15O15. The number of likely N-dealkylation sites (N-methyl/N-ethyl adjacent to an activating group) is 1. The molecule has 0 saturated carbocycles. The zero-order valence-electron chi connectivity index (χ0n) is 66.2. The van der Waals surface area contributed by atoms with Crippen LogP contribution in [-0.2, 0) is 36.5 Å². The number of aromatic nitrogens is 5. The van der Waals surface area contributed by atoms with E-state index in [1.165, 1.54) is 90.4 Å². The van der Waals surface area contributed by atoms with Gasteiger partial charge in [0, 0.05) is 185 Å². The Labute approximate surface area is 668 Å². The smallest absolute Gasteiger partial charge is 0.416 e. The number of esters is 1. The van der Waals surface area contributed by atoms with Gasteiger partial charge in [0.2, 0.25) is 0 Å². The summed E-state index contributed by atoms with van der Waals surface area (Å²) in [4.78, 5) is 96.1. The van der Waals surface area contributed by atoms with Crippen LogP contribution in [-0.4, -0.2) is 203 Å². The van der Waals surface area contributed by atoms with E-state index in [1.807, 2.05) is 54.4 Å². The van der Waals surface area contributed by atoms with Crippen molar-refractivity contribution >= 4 is 63.7 Å². The third kappa shape index (κ3) is 21.2. The number of nitrogen functional groups attached to an aromatic ring is 1. The Morgan fingerprint density at radius 1 is 0.767 bits per heavy atom. The number of aromatic hydroxyl groups is 3. The molecule has 116 heavy (non-hydrogen) atoms. The molecule has 8 aromatic rings. The van der Waals surface area contributed by atoms with Crippen LogP contribution >= 0.6 is 0 Å². The molecule has 0 unspecified atom stereocenters. The molecular weight excluding hydrogens is 1500 g/mol. The fourth-order valence-electron chi connectivity index (χ4n) is 13.7. The average molecular weight is 1600 g/mol. The molecule has 33 heteroatoms. The van der Waals surface area contributed by atoms with Crippen molar-refractivity contribution < 1.29 is 86.4 Å². The lowest BCUT2D eigenvalue weighted by Crippen LogP contribution is -2.46. The zero-order valence-corrected chi connectivity index (χ0v) is 66.2. The fraction of sp³-hybridized carbons (Fsp3) is 0.361. The normalized spacial score (nSPS) is 22.5. The van der Waals surface area contributed by atoms with E-state index in [1.54, 1.807) is 93.6 Å². The first kappa shape index (κ1) is 87.8. The highest BCUT2D eigenvalue weighted by Gasteiger charge is 2.50. The summed E-state index contributed by atoms with van der Waals surface area (Å²) in [6.45, 7) is 20.8. The summed E-state index contributed by atoms with van der Waals surface area (Å²) < 4.78 is 64.1. The summed E-state index contributed by atoms with van der Waals surface area (Å²) in [5, 5.41) is 66.8. The molecule has 4 aromatic heterocycles. The van der Waals surface area contributed by atoms with Gasteiger partial charge in [0.1, 0.15) is 29.0 Å². The van der Waals surface area contributed by atoms with Gasteiger partial charge >= 0.3 is 17.9 Å². The summed E-state index contributed by atoms with van der Waals surface area (Å²) >= 11 is 0. The van der Waals surface area contributed by atoms with Crippen LogP contribution in [0.3, 0.4) is 0 Å². The third-order valence-electron chi connectivity index (χ3n) is 20.7. The number of alkyl halides is 3. The van der Waals surface area contributed by atoms with Crippen LogP contribution in [0.5, 0.6) is 23.0 Å². The lowest BCUT2D eigenvalue weighted by Gasteiger charge is -2.38. The SMILES string of the molecule is CO[C@H]1/C=C/O[C@@]2(C)Oc3c(C)c(O)c4c(O)c(c(/C=N/N5CCN(C)CC5)c(O)c4c3C2=O)NC(=O)/C(C)=C\C=C\[C@H](C)[C@H](O)[C@@H](C)[C@@H](O)[C@@H](C)[C@H](OC(C)=O)[C@@H]1C.Cc1c(CN2CCN(c3ccc(C(F)(F)F)cc3)CC2)cc(-c2ccccc2)n1NC(=O)c1ccncc1.NC(=O)c1cnccn1.NNC(=O)c1ccncc1. The van der Waals surface area contributed by atoms with Crippen LogP contribution in [0.1, 0.15) is 118 Å². The summed E-state index contributed by atoms with van der Waals surface area (Å²) in [6.07, 6.45) is 11.0. The number of anilines is 2. The molecule has 4 aromatic carbocycles. The number of amides is 4. The molecule has 13 rings (SSSR count). The van der Waals surface area contributed by atoms with Gasteiger partial charge in [-0.1, -0.05) is 76.3 Å². The molecule has 0 aliphatic carbocycles. The highest BCUT2D eigenvalue weighted by Crippen LogP contribution is 2.55. The Balaban J connectivity index is 0.000000226. The van der Waals surface area contributed by atoms with Gasteiger partial charge in [-0.05, 0) is 94.1 Å². The number of phenols is 3. The number of nitrogens with one attached hydrogen (secondary N) is 3. The summed E-state index contributed by atoms with van der Waals surface area (Å²) in [5.41, 5.74) is 14.9. The molecule has 9 heterocycles. The highest BCUT2D eigenvalue weighted by molar-refractivity contribution is 6.24. The second-order valence-corrected chi connectivity index (χ2v) is 28.6. The second kappa shape index (κ2) is 39.3. The molecule has 0 radical (unpaired) electrons. The summed E-state index contributed by atoms with van der Waals surface area (Å²) in [7, 11) is 3.42. The second-order valence-electron chi connectivity index (χ2n) is 28.6. The molecule has 9 atom stereocenters. The Morgan fingerprint density at radius 2 is 1.40 bits per heavy atom. The van der Waals surface area contributed by atoms with E-state index in [2.05, 4.69) is 56.5 Å². The van der Waals surface area contributed by atoms with Crippen molar-refractivity contribution in [3.63, 3.8) is 0 Å². The van der Waals surface area contributed by atoms with Crippen LogP contribution in [0.2, 0.25) is 0 Å². The number of methoxy groups -OCH3 is 1. The number of rotatable bonds is 12. The molecule has 5 aliphatic heterocycles. The maximum Gasteiger partial charge on any atom is 0.416 e. The molecule has 616 valence electrons. The molecule has 2 saturated heterocycles. The van der Waals surface area contributed by atoms with Gasteiger partial charge in [0.25, 0.3) is 29.4 Å². The molecule has 0 spiro atoms. The number of primary amides is 1. The minimum atomic E-state index is -4.33. The number of nitrogens with two attached hydrogens (primary N) is 2. The number of fused-ring (bicyclic) bond motifs is 14. The van der Waals surface area contributed by atoms with E-state index < -0.39 is 106 Å². The number of ketones is 1. The number of hydrazone groups is 1. The van der Waals surface area contributed by atoms with E-state index in [9.17, 15) is 67.5 Å². The van der Waals surface area contributed by atoms with Crippen molar-refractivity contribution in [2.24, 2.45) is 40.3 Å². The number of ether oxygens (including phenoxy) is 4. The Morgan fingerprint density at radius 3 is 1.97 bits per heavy atom. The number of allylic oxidation sites excluding steroid dienone is 2. The van der Waals surface area contributed by atoms with Gasteiger partial charge < -0.3 is 65.3 Å². The van der Waals surface area contributed by atoms with Crippen molar-refractivity contribution in [2.45, 2.75) is 105 Å². The van der Waals surface area contributed by atoms with Crippen molar-refractivity contribution in [2.75, 3.05) is 82.2 Å². The monoisotopic (exact) mass is 1600 g/mol. The lowest BCUT2D eigenvalue weighted by atomic mass is 9.78. The number of carbonyl (C=O) groups is 6. The van der Waals surface area contributed by atoms with Crippen LogP contribution in [0.15, 0.2) is 170 Å². The maximum absolute atomic E-state index is 14.4. The van der Waals surface area contributed by atoms with E-state index in [-0.39, 0.29) is 62.0 Å². The predicted molar refractivity (Wildman–Crippen MR) is 428 cm³/mol. The third-order valence-corrected chi connectivity index (χ3v) is 20.7. The van der Waals surface area contributed by atoms with E-state index in [4.69, 9.17) is 30.5 Å². The molecule has 30 nitrogen and oxygen atoms in total. The highest BCUT2D eigenvalue weighted by atomic mass is 19.4. The van der Waals surface area contributed by atoms with Crippen LogP contribution in [0.4, 0.5) is 24.5 Å². The first-order chi connectivity index (χ1) is 55.2. The minimum absolute atomic E-state index is 0.0559. The number of halogens is 3. The van der Waals surface area contributed by atoms with Gasteiger partial charge in [-0.15, -0.1) is 0 Å². The number of aliphatic hydroxyl groups excluding tert-OH is 2. The number of piperazine rings is 2. The topological polar surface area (TPSA) is 410 Å². The number of Topliss-reactive ketones (excluding diaryl/α,β-unsaturated/α-hetero) is 1. The number of benzene rings is 4. The quantitative estimate of drug-likeness (QED) is 0.0104. The van der Waals surface area contributed by atoms with E-state index >= 15 is 0 Å². The Hall–Kier alpha value is -12.1. The van der Waals surface area contributed by atoms with Gasteiger partial charge in [0.15, 0.2) is 5.75 Å². The summed E-state index contributed by atoms with van der Waals surface area (Å²) in [6, 6.07) is 23.9. The number of nitrogens with zero attached hydrogens (tertiary/aromatic N) is 10. The summed E-state index contributed by atoms with van der Waals surface area (Å²) in [5.74, 6) is -4.54. The van der Waals surface area contributed by atoms with Gasteiger partial charge in [-0.2, -0.15) is 18.3 Å². The Bertz CT molecular complexity index is 4890. The molecule has 5 aliphatic rings. The van der Waals surface area contributed by atoms with Crippen molar-refractivity contribution in [1.29, 1.82) is 0 Å². The lowest BCUT2D eigenvalue weighted by molar-refractivity contribution is -0.160. The number of hydrogen-bond acceptors (Lipinski definition) is 25. The number of phenolic OH excluding ortho intramolecular Hbond substituents is 3. The van der Waals surface area contributed by atoms with Gasteiger partial charge in [-0.25, -0.2) is 10.8 Å². The van der Waals surface area contributed by atoms with E-state index in [0.717, 1.165) is 79.6 Å². The number of hydrazine groups is 1. The van der Waals surface area contributed by atoms with Crippen LogP contribution < -0.4 is 37.4 Å². The number of aliphatic hydroxyl groups is 2. The molecule has 12 N–H and O–H groups in total. The molecule has 4 amide bonds.